The average molecular weight is 2130 g/mol. The van der Waals surface area contributed by atoms with Gasteiger partial charge in [0.05, 0.1) is 56.5 Å². The molecule has 0 spiro atoms. The molecule has 45 heteroatoms. The number of nitriles is 1. The molecule has 4 aliphatic heterocycles. The van der Waals surface area contributed by atoms with Crippen LogP contribution in [0, 0.1) is 35.0 Å². The van der Waals surface area contributed by atoms with Gasteiger partial charge in [-0.1, -0.05) is 113 Å². The Morgan fingerprint density at radius 2 is 0.694 bits per heavy atom. The van der Waals surface area contributed by atoms with Crippen molar-refractivity contribution in [3.63, 3.8) is 0 Å². The van der Waals surface area contributed by atoms with Gasteiger partial charge in [-0.2, -0.15) is 5.26 Å². The SMILES string of the molecule is CC.CC(=O)NC1C(OCCCCCC(=O)NCCCCCCO)OC(COC(C)=O)C(OC(C)=O)C1C.CC(=O)NC1C(OCCCCCC(=O)NCCCCCCOP(OCCC#N)N(C(C)C)C(C)C)OC(COC(C)=O)C(OC(C)=O)C1C.CC(=O)NC1C(OCCCCCC(=O)O)OC(COC(C)=O)C(OC(C)=O)C1C.CCCNC(=O)CCCCCO[C@@H]1OC(CO)[C@H](O)[C@H](O)C1C.NCCCCCCO. The highest BCUT2D eigenvalue weighted by Gasteiger charge is 2.51. The summed E-state index contributed by atoms with van der Waals surface area (Å²) in [6.45, 7) is 38.4. The molecule has 147 heavy (non-hydrogen) atoms. The van der Waals surface area contributed by atoms with Crippen molar-refractivity contribution in [1.29, 1.82) is 5.26 Å². The number of aliphatic carboxylic acids is 1. The third kappa shape index (κ3) is 68.1. The van der Waals surface area contributed by atoms with E-state index in [4.69, 9.17) is 107 Å². The molecule has 4 aliphatic rings. The molecule has 0 aromatic rings. The molecule has 6 amide bonds. The van der Waals surface area contributed by atoms with E-state index in [1.165, 1.54) is 62.3 Å². The largest absolute Gasteiger partial charge is 0.481 e. The molecule has 856 valence electrons. The quantitative estimate of drug-likeness (QED) is 0.0117. The molecule has 0 bridgehead atoms. The van der Waals surface area contributed by atoms with Crippen molar-refractivity contribution < 1.29 is 168 Å². The van der Waals surface area contributed by atoms with E-state index in [1.54, 1.807) is 13.8 Å². The summed E-state index contributed by atoms with van der Waals surface area (Å²) in [5.74, 6) is -6.03. The zero-order valence-electron chi connectivity index (χ0n) is 91.7. The summed E-state index contributed by atoms with van der Waals surface area (Å²) in [6, 6.07) is 0.928. The first-order valence-electron chi connectivity index (χ1n) is 52.9. The van der Waals surface area contributed by atoms with E-state index in [2.05, 4.69) is 70.3 Å². The molecular weight excluding hydrogens is 1940 g/mol. The number of amides is 6. The highest BCUT2D eigenvalue weighted by atomic mass is 31.2. The fraction of sp³-hybridized carbons (Fsp3) is 0.863. The number of carbonyl (C=O) groups excluding carboxylic acids is 12. The zero-order valence-corrected chi connectivity index (χ0v) is 92.6. The Balaban J connectivity index is 0. The van der Waals surface area contributed by atoms with E-state index in [1.807, 2.05) is 34.6 Å². The predicted octanol–water partition coefficient (Wildman–Crippen LogP) is 9.18. The third-order valence-electron chi connectivity index (χ3n) is 23.4. The Kier molecular flexibility index (Phi) is 84.5. The van der Waals surface area contributed by atoms with Crippen LogP contribution in [0.3, 0.4) is 0 Å². The minimum atomic E-state index is -1.22. The lowest BCUT2D eigenvalue weighted by Gasteiger charge is -2.44. The normalized spacial score (nSPS) is 23.5. The van der Waals surface area contributed by atoms with Crippen LogP contribution in [0.2, 0.25) is 0 Å². The Bertz CT molecular complexity index is 3580. The first-order valence-corrected chi connectivity index (χ1v) is 54.0. The van der Waals surface area contributed by atoms with Crippen molar-refractivity contribution in [2.75, 3.05) is 105 Å². The van der Waals surface area contributed by atoms with Crippen LogP contribution in [0.5, 0.6) is 0 Å². The summed E-state index contributed by atoms with van der Waals surface area (Å²) in [5, 5.41) is 80.6. The maximum atomic E-state index is 12.3. The van der Waals surface area contributed by atoms with Crippen molar-refractivity contribution in [3.8, 4) is 6.07 Å². The summed E-state index contributed by atoms with van der Waals surface area (Å²) in [5.41, 5.74) is 5.25. The number of nitrogens with two attached hydrogens (primary N) is 1. The number of hydrogen-bond acceptors (Lipinski definition) is 37. The van der Waals surface area contributed by atoms with E-state index in [9.17, 15) is 72.5 Å². The number of unbranched alkanes of at least 4 members (excludes halogenated alkanes) is 17. The lowest BCUT2D eigenvalue weighted by Crippen LogP contribution is -2.62. The van der Waals surface area contributed by atoms with Crippen LogP contribution in [-0.2, 0) is 138 Å². The fourth-order valence-electron chi connectivity index (χ4n) is 15.9. The molecule has 21 atom stereocenters. The number of nitrogens with zero attached hydrogens (tertiary/aromatic N) is 2. The average Bonchev–Trinajstić information content (AvgIpc) is 0.800. The molecule has 14 N–H and O–H groups in total. The highest BCUT2D eigenvalue weighted by molar-refractivity contribution is 7.44. The van der Waals surface area contributed by atoms with Crippen LogP contribution in [0.4, 0.5) is 0 Å². The number of carboxylic acid groups (broad SMARTS) is 1. The molecule has 4 fully saturated rings. The number of ether oxygens (including phenoxy) is 14. The Labute approximate surface area is 874 Å². The second-order valence-corrected chi connectivity index (χ2v) is 38.6. The number of aliphatic hydroxyl groups is 5. The molecular formula is C102H188N9O35P. The van der Waals surface area contributed by atoms with Crippen LogP contribution >= 0.6 is 8.53 Å². The second-order valence-electron chi connectivity index (χ2n) is 37.1. The topological polar surface area (TPSA) is 616 Å². The van der Waals surface area contributed by atoms with Crippen LogP contribution in [0.1, 0.15) is 331 Å². The molecule has 0 aliphatic carbocycles. The van der Waals surface area contributed by atoms with Gasteiger partial charge in [-0.15, -0.1) is 0 Å². The molecule has 0 aromatic heterocycles. The standard InChI is InChI=1S/C34H61N4O10P.C25H44N2O9.C19H31NO9.C16H31NO6.C6H15NO.C2H6/c1-24(2)38(25(3)4)49(46-22-16-18-35)45-21-15-10-9-13-19-36-31(42)17-12-11-14-20-43-34-32(37-27(6)39)26(5)33(47-29(8)41)30(48-34)23-44-28(7)40;1-17-23(27-18(2)29)25(36-21(16-34-19(3)30)24(17)35-20(4)31)33-15-11-7-8-12-22(32)26-13-9-5-6-10-14-28;1-11-17(20-12(2)21)19(26-9-7-5-6-8-16(24)25)29-15(10-27-13(3)22)18(11)28-14(4)23;1-3-8-17-13(19)7-5-4-6-9-22-16-11(2)14(20)15(21)12(10-18)23-16;7-5-3-1-2-4-6-8;1-2/h24-26,30,32-34H,9-17,19-23H2,1-8H3,(H,36,42)(H,37,39);17,21,23-25,28H,5-16H2,1-4H3,(H,26,32)(H,27,29);11,15,17-19H,5-10H2,1-4H3,(H,20,21)(H,24,25);11-12,14-16,18,20-21H,3-10H2,1-2H3,(H,17,19);8H,1-7H2;1-2H3/t;;;11?,12?,14-,15+,16-;;/m...1../s1. The van der Waals surface area contributed by atoms with E-state index in [0.717, 1.165) is 135 Å². The van der Waals surface area contributed by atoms with Gasteiger partial charge in [-0.25, -0.2) is 4.67 Å². The van der Waals surface area contributed by atoms with E-state index in [0.29, 0.717) is 124 Å². The molecule has 4 rings (SSSR count). The van der Waals surface area contributed by atoms with Crippen LogP contribution in [0.25, 0.3) is 0 Å². The van der Waals surface area contributed by atoms with E-state index in [-0.39, 0.29) is 111 Å². The summed E-state index contributed by atoms with van der Waals surface area (Å²) in [4.78, 5) is 150. The predicted molar refractivity (Wildman–Crippen MR) is 546 cm³/mol. The van der Waals surface area contributed by atoms with Crippen molar-refractivity contribution in [3.05, 3.63) is 0 Å². The Morgan fingerprint density at radius 1 is 0.388 bits per heavy atom. The first-order chi connectivity index (χ1) is 70.0. The third-order valence-corrected chi connectivity index (χ3v) is 25.5. The Hall–Kier alpha value is -7.65. The van der Waals surface area contributed by atoms with Crippen LogP contribution in [0.15, 0.2) is 0 Å². The highest BCUT2D eigenvalue weighted by Crippen LogP contribution is 2.46. The second kappa shape index (κ2) is 87.9. The van der Waals surface area contributed by atoms with Gasteiger partial charge in [-0.3, -0.25) is 62.3 Å². The Morgan fingerprint density at radius 3 is 1.00 bits per heavy atom. The molecule has 44 nitrogen and oxygen atoms in total. The smallest absolute Gasteiger partial charge is 0.303 e. The fourth-order valence-corrected chi connectivity index (χ4v) is 17.5. The summed E-state index contributed by atoms with van der Waals surface area (Å²) >= 11 is 0. The van der Waals surface area contributed by atoms with E-state index < -0.39 is 149 Å². The maximum absolute atomic E-state index is 12.3. The lowest BCUT2D eigenvalue weighted by atomic mass is 9.88. The summed E-state index contributed by atoms with van der Waals surface area (Å²) < 4.78 is 92.5. The van der Waals surface area contributed by atoms with Gasteiger partial charge in [0.25, 0.3) is 8.53 Å². The van der Waals surface area contributed by atoms with Gasteiger partial charge < -0.3 is 144 Å². The number of nitrogens with one attached hydrogen (secondary N) is 6. The molecule has 0 radical (unpaired) electrons. The van der Waals surface area contributed by atoms with Gasteiger partial charge in [0.1, 0.15) is 68.7 Å². The first kappa shape index (κ1) is 141. The summed E-state index contributed by atoms with van der Waals surface area (Å²) in [6.07, 6.45) is 12.7. The molecule has 0 saturated carbocycles. The monoisotopic (exact) mass is 2130 g/mol. The maximum Gasteiger partial charge on any atom is 0.303 e. The zero-order chi connectivity index (χ0) is 111. The number of esters is 6. The van der Waals surface area contributed by atoms with E-state index >= 15 is 0 Å². The van der Waals surface area contributed by atoms with Gasteiger partial charge >= 0.3 is 41.8 Å². The number of carbonyl (C=O) groups is 13. The molecule has 0 aromatic carbocycles. The van der Waals surface area contributed by atoms with Crippen molar-refractivity contribution in [1.82, 2.24) is 36.6 Å². The van der Waals surface area contributed by atoms with Crippen molar-refractivity contribution in [2.45, 2.75) is 441 Å². The molecule has 4 heterocycles. The molecule has 18 unspecified atom stereocenters. The summed E-state index contributed by atoms with van der Waals surface area (Å²) in [7, 11) is -1.22. The molecule has 4 saturated heterocycles. The van der Waals surface area contributed by atoms with Gasteiger partial charge in [-0.05, 0) is 131 Å². The number of hydrogen-bond donors (Lipinski definition) is 13. The van der Waals surface area contributed by atoms with Crippen molar-refractivity contribution in [2.24, 2.45) is 29.4 Å². The van der Waals surface area contributed by atoms with Crippen molar-refractivity contribution >= 4 is 85.8 Å². The lowest BCUT2D eigenvalue weighted by molar-refractivity contribution is -0.282. The minimum Gasteiger partial charge on any atom is -0.481 e. The van der Waals surface area contributed by atoms with Crippen LogP contribution < -0.4 is 37.6 Å². The number of aliphatic hydroxyl groups excluding tert-OH is 5. The minimum absolute atomic E-state index is 0.0202. The number of carboxylic acids is 1. The number of rotatable bonds is 68. The van der Waals surface area contributed by atoms with Gasteiger partial charge in [0.2, 0.25) is 35.4 Å². The van der Waals surface area contributed by atoms with Gasteiger partial charge in [0, 0.05) is 183 Å². The van der Waals surface area contributed by atoms with Gasteiger partial charge in [0.15, 0.2) is 25.2 Å². The van der Waals surface area contributed by atoms with Crippen LogP contribution in [-0.4, -0.2) is 328 Å².